The Balaban J connectivity index is 2.62. The summed E-state index contributed by atoms with van der Waals surface area (Å²) >= 11 is 0. The van der Waals surface area contributed by atoms with Crippen LogP contribution >= 0.6 is 0 Å². The van der Waals surface area contributed by atoms with Gasteiger partial charge in [-0.1, -0.05) is 6.92 Å². The van der Waals surface area contributed by atoms with Gasteiger partial charge in [-0.25, -0.2) is 0 Å². The van der Waals surface area contributed by atoms with Gasteiger partial charge in [0.1, 0.15) is 0 Å². The minimum Gasteiger partial charge on any atom is -0.463 e. The van der Waals surface area contributed by atoms with Crippen molar-refractivity contribution in [3.63, 3.8) is 0 Å². The van der Waals surface area contributed by atoms with E-state index >= 15 is 0 Å². The first-order valence-corrected chi connectivity index (χ1v) is 6.19. The lowest BCUT2D eigenvalue weighted by molar-refractivity contribution is -0.127. The van der Waals surface area contributed by atoms with Crippen molar-refractivity contribution in [3.05, 3.63) is 0 Å². The van der Waals surface area contributed by atoms with Gasteiger partial charge in [-0.15, -0.1) is 0 Å². The highest BCUT2D eigenvalue weighted by atomic mass is 16.5. The van der Waals surface area contributed by atoms with E-state index < -0.39 is 0 Å². The van der Waals surface area contributed by atoms with E-state index in [1.807, 2.05) is 13.8 Å². The molecule has 1 aromatic heterocycles. The predicted molar refractivity (Wildman–Crippen MR) is 71.8 cm³/mol. The molecule has 1 aromatic rings. The Kier molecular flexibility index (Phi) is 5.77. The van der Waals surface area contributed by atoms with Crippen LogP contribution in [0, 0.1) is 0 Å². The molecule has 0 aliphatic rings. The van der Waals surface area contributed by atoms with Gasteiger partial charge in [0.05, 0.1) is 13.2 Å². The van der Waals surface area contributed by atoms with Gasteiger partial charge in [0.15, 0.2) is 0 Å². The quantitative estimate of drug-likeness (QED) is 0.724. The summed E-state index contributed by atoms with van der Waals surface area (Å²) in [6.45, 7) is 5.12. The van der Waals surface area contributed by atoms with Crippen molar-refractivity contribution in [1.29, 1.82) is 0 Å². The van der Waals surface area contributed by atoms with Crippen LogP contribution in [-0.2, 0) is 4.79 Å². The van der Waals surface area contributed by atoms with Gasteiger partial charge >= 0.3 is 6.01 Å². The number of nitrogens with two attached hydrogens (primary N) is 1. The molecule has 8 heteroatoms. The second kappa shape index (κ2) is 7.34. The monoisotopic (exact) mass is 268 g/mol. The fourth-order valence-corrected chi connectivity index (χ4v) is 1.18. The zero-order valence-corrected chi connectivity index (χ0v) is 11.5. The number of nitrogens with one attached hydrogen (secondary N) is 1. The zero-order chi connectivity index (χ0) is 14.3. The number of nitrogen functional groups attached to an aromatic ring is 1. The van der Waals surface area contributed by atoms with E-state index in [4.69, 9.17) is 10.5 Å². The summed E-state index contributed by atoms with van der Waals surface area (Å²) in [5.41, 5.74) is 5.55. The molecule has 0 spiro atoms. The number of anilines is 2. The van der Waals surface area contributed by atoms with Crippen molar-refractivity contribution in [1.82, 2.24) is 19.9 Å². The number of rotatable bonds is 7. The standard InChI is InChI=1S/C11H20N6O2/c1-4-6-19-11-15-9(12)14-10(16-11)13-7-8(18)17(3)5-2/h4-7H2,1-3H3,(H3,12,13,14,15,16). The molecular weight excluding hydrogens is 248 g/mol. The number of carbonyl (C=O) groups excluding carboxylic acids is 1. The number of likely N-dealkylation sites (N-methyl/N-ethyl adjacent to an activating group) is 1. The molecule has 0 saturated carbocycles. The number of hydrogen-bond acceptors (Lipinski definition) is 7. The van der Waals surface area contributed by atoms with E-state index in [1.165, 1.54) is 0 Å². The van der Waals surface area contributed by atoms with Crippen LogP contribution in [-0.4, -0.2) is 52.5 Å². The molecule has 1 heterocycles. The molecule has 0 radical (unpaired) electrons. The number of nitrogens with zero attached hydrogens (tertiary/aromatic N) is 4. The van der Waals surface area contributed by atoms with Gasteiger partial charge in [-0.05, 0) is 13.3 Å². The largest absolute Gasteiger partial charge is 0.463 e. The summed E-state index contributed by atoms with van der Waals surface area (Å²) in [6.07, 6.45) is 0.841. The van der Waals surface area contributed by atoms with Crippen molar-refractivity contribution in [2.75, 3.05) is 37.8 Å². The van der Waals surface area contributed by atoms with Gasteiger partial charge in [0.25, 0.3) is 0 Å². The summed E-state index contributed by atoms with van der Waals surface area (Å²) in [7, 11) is 1.72. The Morgan fingerprint density at radius 1 is 1.37 bits per heavy atom. The van der Waals surface area contributed by atoms with Gasteiger partial charge in [-0.2, -0.15) is 15.0 Å². The van der Waals surface area contributed by atoms with Crippen LogP contribution in [0.15, 0.2) is 0 Å². The predicted octanol–water partition coefficient (Wildman–Crippen LogP) is 0.133. The molecule has 3 N–H and O–H groups in total. The lowest BCUT2D eigenvalue weighted by atomic mass is 10.5. The molecule has 106 valence electrons. The van der Waals surface area contributed by atoms with Crippen LogP contribution in [0.25, 0.3) is 0 Å². The Labute approximate surface area is 112 Å². The number of ether oxygens (including phenoxy) is 1. The second-order valence-electron chi connectivity index (χ2n) is 3.91. The van der Waals surface area contributed by atoms with Crippen molar-refractivity contribution in [3.8, 4) is 6.01 Å². The minimum absolute atomic E-state index is 0.0555. The number of amides is 1. The van der Waals surface area contributed by atoms with Crippen LogP contribution < -0.4 is 15.8 Å². The van der Waals surface area contributed by atoms with Crippen LogP contribution in [0.5, 0.6) is 6.01 Å². The first-order chi connectivity index (χ1) is 9.06. The summed E-state index contributed by atoms with van der Waals surface area (Å²) in [4.78, 5) is 25.0. The number of hydrogen-bond donors (Lipinski definition) is 2. The van der Waals surface area contributed by atoms with E-state index in [0.29, 0.717) is 13.2 Å². The number of aromatic nitrogens is 3. The van der Waals surface area contributed by atoms with Crippen molar-refractivity contribution in [2.45, 2.75) is 20.3 Å². The van der Waals surface area contributed by atoms with Crippen molar-refractivity contribution < 1.29 is 9.53 Å². The van der Waals surface area contributed by atoms with Crippen LogP contribution in [0.3, 0.4) is 0 Å². The van der Waals surface area contributed by atoms with Gasteiger partial charge in [-0.3, -0.25) is 4.79 Å². The maximum atomic E-state index is 11.6. The zero-order valence-electron chi connectivity index (χ0n) is 11.5. The maximum absolute atomic E-state index is 11.6. The number of carbonyl (C=O) groups is 1. The summed E-state index contributed by atoms with van der Waals surface area (Å²) in [5.74, 6) is 0.230. The summed E-state index contributed by atoms with van der Waals surface area (Å²) < 4.78 is 5.27. The molecule has 0 aliphatic heterocycles. The minimum atomic E-state index is -0.0579. The Morgan fingerprint density at radius 2 is 2.11 bits per heavy atom. The molecule has 1 amide bonds. The average Bonchev–Trinajstić information content (AvgIpc) is 2.41. The van der Waals surface area contributed by atoms with Crippen LogP contribution in [0.1, 0.15) is 20.3 Å². The van der Waals surface area contributed by atoms with E-state index in [-0.39, 0.29) is 30.4 Å². The Bertz CT molecular complexity index is 426. The molecular formula is C11H20N6O2. The van der Waals surface area contributed by atoms with Crippen LogP contribution in [0.4, 0.5) is 11.9 Å². The van der Waals surface area contributed by atoms with Gasteiger partial charge in [0, 0.05) is 13.6 Å². The Hall–Kier alpha value is -2.12. The van der Waals surface area contributed by atoms with Crippen molar-refractivity contribution in [2.24, 2.45) is 0 Å². The SMILES string of the molecule is CCCOc1nc(N)nc(NCC(=O)N(C)CC)n1. The fourth-order valence-electron chi connectivity index (χ4n) is 1.18. The lowest BCUT2D eigenvalue weighted by Crippen LogP contribution is -2.32. The van der Waals surface area contributed by atoms with E-state index in [1.54, 1.807) is 11.9 Å². The third-order valence-corrected chi connectivity index (χ3v) is 2.37. The molecule has 0 fully saturated rings. The molecule has 0 bridgehead atoms. The maximum Gasteiger partial charge on any atom is 0.323 e. The Morgan fingerprint density at radius 3 is 2.74 bits per heavy atom. The topological polar surface area (TPSA) is 106 Å². The molecule has 0 aromatic carbocycles. The summed E-state index contributed by atoms with van der Waals surface area (Å²) in [5, 5.41) is 2.80. The molecule has 0 aliphatic carbocycles. The van der Waals surface area contributed by atoms with Gasteiger partial charge in [0.2, 0.25) is 17.8 Å². The lowest BCUT2D eigenvalue weighted by Gasteiger charge is -2.14. The highest BCUT2D eigenvalue weighted by Gasteiger charge is 2.09. The van der Waals surface area contributed by atoms with Crippen LogP contribution in [0.2, 0.25) is 0 Å². The third kappa shape index (κ3) is 4.94. The van der Waals surface area contributed by atoms with Crippen molar-refractivity contribution >= 4 is 17.8 Å². The fraction of sp³-hybridized carbons (Fsp3) is 0.636. The average molecular weight is 268 g/mol. The molecule has 8 nitrogen and oxygen atoms in total. The molecule has 19 heavy (non-hydrogen) atoms. The first kappa shape index (κ1) is 14.9. The summed E-state index contributed by atoms with van der Waals surface area (Å²) in [6, 6.07) is 0.160. The van der Waals surface area contributed by atoms with E-state index in [9.17, 15) is 4.79 Å². The van der Waals surface area contributed by atoms with Gasteiger partial charge < -0.3 is 20.7 Å². The highest BCUT2D eigenvalue weighted by molar-refractivity contribution is 5.80. The second-order valence-corrected chi connectivity index (χ2v) is 3.91. The highest BCUT2D eigenvalue weighted by Crippen LogP contribution is 2.08. The third-order valence-electron chi connectivity index (χ3n) is 2.37. The van der Waals surface area contributed by atoms with E-state index in [0.717, 1.165) is 6.42 Å². The molecule has 0 unspecified atom stereocenters. The molecule has 0 atom stereocenters. The normalized spacial score (nSPS) is 10.1. The molecule has 0 saturated heterocycles. The molecule has 1 rings (SSSR count). The smallest absolute Gasteiger partial charge is 0.323 e. The first-order valence-electron chi connectivity index (χ1n) is 6.19. The van der Waals surface area contributed by atoms with E-state index in [2.05, 4.69) is 20.3 Å².